The molecule has 1 unspecified atom stereocenters. The van der Waals surface area contributed by atoms with Gasteiger partial charge in [0.1, 0.15) is 5.69 Å². The molecule has 2 heterocycles. The third-order valence-electron chi connectivity index (χ3n) is 5.10. The number of rotatable bonds is 5. The quantitative estimate of drug-likeness (QED) is 0.501. The van der Waals surface area contributed by atoms with Crippen molar-refractivity contribution < 1.29 is 14.2 Å². The smallest absolute Gasteiger partial charge is 0.293 e. The number of hydrogen-bond acceptors (Lipinski definition) is 7. The zero-order valence-electron chi connectivity index (χ0n) is 16.4. The number of carbonyl (C=O) groups is 1. The van der Waals surface area contributed by atoms with Crippen LogP contribution < -0.4 is 5.32 Å². The molecule has 9 heteroatoms. The van der Waals surface area contributed by atoms with Crippen molar-refractivity contribution in [3.05, 3.63) is 75.9 Å². The molecule has 1 aromatic heterocycles. The molecule has 0 saturated carbocycles. The number of likely N-dealkylation sites (tertiary alicyclic amines) is 1. The predicted octanol–water partition coefficient (Wildman–Crippen LogP) is 4.05. The van der Waals surface area contributed by atoms with Gasteiger partial charge in [-0.1, -0.05) is 23.4 Å². The van der Waals surface area contributed by atoms with Crippen molar-refractivity contribution in [2.24, 2.45) is 0 Å². The topological polar surface area (TPSA) is 114 Å². The Labute approximate surface area is 172 Å². The van der Waals surface area contributed by atoms with Gasteiger partial charge in [0.15, 0.2) is 5.82 Å². The van der Waals surface area contributed by atoms with E-state index in [1.807, 2.05) is 30.3 Å². The van der Waals surface area contributed by atoms with E-state index in [0.29, 0.717) is 30.5 Å². The average Bonchev–Trinajstić information content (AvgIpc) is 3.20. The summed E-state index contributed by atoms with van der Waals surface area (Å²) in [4.78, 5) is 30.1. The summed E-state index contributed by atoms with van der Waals surface area (Å²) in [5.41, 5.74) is 1.20. The number of hydrogen-bond donors (Lipinski definition) is 1. The largest absolute Gasteiger partial charge is 0.350 e. The molecule has 0 aliphatic carbocycles. The predicted molar refractivity (Wildman–Crippen MR) is 110 cm³/mol. The number of carbonyl (C=O) groups excluding carboxylic acids is 1. The van der Waals surface area contributed by atoms with Crippen molar-refractivity contribution in [3.63, 3.8) is 0 Å². The summed E-state index contributed by atoms with van der Waals surface area (Å²) in [7, 11) is 0. The Hall–Kier alpha value is -3.75. The zero-order valence-corrected chi connectivity index (χ0v) is 16.4. The van der Waals surface area contributed by atoms with E-state index >= 15 is 0 Å². The molecule has 2 aromatic carbocycles. The maximum absolute atomic E-state index is 13.0. The van der Waals surface area contributed by atoms with E-state index in [2.05, 4.69) is 15.5 Å². The normalized spacial score (nSPS) is 16.3. The van der Waals surface area contributed by atoms with Crippen molar-refractivity contribution in [2.45, 2.75) is 25.7 Å². The lowest BCUT2D eigenvalue weighted by atomic mass is 9.97. The van der Waals surface area contributed by atoms with Crippen LogP contribution in [0.25, 0.3) is 0 Å². The van der Waals surface area contributed by atoms with E-state index in [4.69, 9.17) is 4.52 Å². The molecule has 9 nitrogen and oxygen atoms in total. The molecule has 1 amide bonds. The summed E-state index contributed by atoms with van der Waals surface area (Å²) in [6.07, 6.45) is 1.65. The van der Waals surface area contributed by atoms with Gasteiger partial charge >= 0.3 is 0 Å². The van der Waals surface area contributed by atoms with Gasteiger partial charge in [-0.15, -0.1) is 0 Å². The van der Waals surface area contributed by atoms with E-state index < -0.39 is 4.92 Å². The Morgan fingerprint density at radius 1 is 1.27 bits per heavy atom. The first kappa shape index (κ1) is 19.6. The van der Waals surface area contributed by atoms with Gasteiger partial charge < -0.3 is 14.7 Å². The van der Waals surface area contributed by atoms with Gasteiger partial charge in [0.25, 0.3) is 11.6 Å². The van der Waals surface area contributed by atoms with Crippen LogP contribution in [0.5, 0.6) is 0 Å². The lowest BCUT2D eigenvalue weighted by molar-refractivity contribution is -0.383. The molecule has 1 atom stereocenters. The van der Waals surface area contributed by atoms with Crippen molar-refractivity contribution in [3.8, 4) is 0 Å². The molecule has 1 aliphatic rings. The van der Waals surface area contributed by atoms with E-state index in [-0.39, 0.29) is 23.1 Å². The molecule has 0 spiro atoms. The first-order valence-corrected chi connectivity index (χ1v) is 9.71. The monoisotopic (exact) mass is 407 g/mol. The highest BCUT2D eigenvalue weighted by Crippen LogP contribution is 2.31. The number of aryl methyl sites for hydroxylation is 1. The van der Waals surface area contributed by atoms with Gasteiger partial charge in [-0.25, -0.2) is 0 Å². The van der Waals surface area contributed by atoms with E-state index in [1.54, 1.807) is 24.0 Å². The van der Waals surface area contributed by atoms with Crippen molar-refractivity contribution >= 4 is 23.0 Å². The molecule has 3 aromatic rings. The second-order valence-corrected chi connectivity index (χ2v) is 7.25. The van der Waals surface area contributed by atoms with Crippen LogP contribution in [-0.2, 0) is 0 Å². The van der Waals surface area contributed by atoms with Crippen LogP contribution in [0.15, 0.2) is 53.1 Å². The molecule has 0 bridgehead atoms. The fraction of sp³-hybridized carbons (Fsp3) is 0.286. The fourth-order valence-corrected chi connectivity index (χ4v) is 3.62. The summed E-state index contributed by atoms with van der Waals surface area (Å²) in [5.74, 6) is 0.812. The van der Waals surface area contributed by atoms with E-state index in [9.17, 15) is 14.9 Å². The molecule has 154 valence electrons. The molecule has 1 aliphatic heterocycles. The van der Waals surface area contributed by atoms with Crippen LogP contribution in [-0.4, -0.2) is 39.0 Å². The van der Waals surface area contributed by atoms with Crippen LogP contribution in [0.3, 0.4) is 0 Å². The second kappa shape index (κ2) is 8.32. The lowest BCUT2D eigenvalue weighted by Crippen LogP contribution is -2.39. The number of piperidine rings is 1. The van der Waals surface area contributed by atoms with Gasteiger partial charge in [0.2, 0.25) is 5.89 Å². The van der Waals surface area contributed by atoms with Gasteiger partial charge in [-0.05, 0) is 44.0 Å². The van der Waals surface area contributed by atoms with Gasteiger partial charge in [0, 0.05) is 30.4 Å². The second-order valence-electron chi connectivity index (χ2n) is 7.25. The third-order valence-corrected chi connectivity index (χ3v) is 5.10. The van der Waals surface area contributed by atoms with Crippen LogP contribution in [0, 0.1) is 17.0 Å². The number of anilines is 2. The maximum atomic E-state index is 13.0. The first-order chi connectivity index (χ1) is 14.5. The van der Waals surface area contributed by atoms with Gasteiger partial charge in [0.05, 0.1) is 10.8 Å². The van der Waals surface area contributed by atoms with Crippen molar-refractivity contribution in [1.29, 1.82) is 0 Å². The minimum absolute atomic E-state index is 0.0297. The minimum atomic E-state index is -0.484. The minimum Gasteiger partial charge on any atom is -0.350 e. The Bertz CT molecular complexity index is 1070. The fourth-order valence-electron chi connectivity index (χ4n) is 3.62. The Kier molecular flexibility index (Phi) is 5.42. The first-order valence-electron chi connectivity index (χ1n) is 9.71. The number of nitrogens with zero attached hydrogens (tertiary/aromatic N) is 4. The molecule has 1 fully saturated rings. The summed E-state index contributed by atoms with van der Waals surface area (Å²) < 4.78 is 5.26. The molecule has 30 heavy (non-hydrogen) atoms. The van der Waals surface area contributed by atoms with Crippen LogP contribution in [0.2, 0.25) is 0 Å². The summed E-state index contributed by atoms with van der Waals surface area (Å²) in [5, 5.41) is 18.5. The third kappa shape index (κ3) is 4.14. The molecule has 0 radical (unpaired) electrons. The van der Waals surface area contributed by atoms with Gasteiger partial charge in [-0.2, -0.15) is 4.98 Å². The number of nitro benzene ring substituents is 1. The lowest BCUT2D eigenvalue weighted by Gasteiger charge is -2.31. The highest BCUT2D eigenvalue weighted by atomic mass is 16.6. The number of benzene rings is 2. The summed E-state index contributed by atoms with van der Waals surface area (Å²) in [6, 6.07) is 13.7. The molecule has 1 N–H and O–H groups in total. The van der Waals surface area contributed by atoms with Crippen LogP contribution in [0.1, 0.15) is 40.8 Å². The number of aromatic nitrogens is 2. The SMILES string of the molecule is Cc1noc(C2CCCN(C(=O)c3ccc(Nc4ccccc4)c([N+](=O)[O-])c3)C2)n1. The summed E-state index contributed by atoms with van der Waals surface area (Å²) >= 11 is 0. The number of amides is 1. The number of para-hydroxylation sites is 1. The van der Waals surface area contributed by atoms with E-state index in [0.717, 1.165) is 18.5 Å². The highest BCUT2D eigenvalue weighted by molar-refractivity contribution is 5.96. The standard InChI is InChI=1S/C21H21N5O4/c1-14-22-20(30-24-14)16-6-5-11-25(13-16)21(27)15-9-10-18(19(12-15)26(28)29)23-17-7-3-2-4-8-17/h2-4,7-10,12,16,23H,5-6,11,13H2,1H3. The Balaban J connectivity index is 1.54. The van der Waals surface area contributed by atoms with Crippen molar-refractivity contribution in [2.75, 3.05) is 18.4 Å². The number of nitrogens with one attached hydrogen (secondary N) is 1. The molecular weight excluding hydrogens is 386 g/mol. The average molecular weight is 407 g/mol. The molecular formula is C21H21N5O4. The highest BCUT2D eigenvalue weighted by Gasteiger charge is 2.29. The van der Waals surface area contributed by atoms with Crippen LogP contribution in [0.4, 0.5) is 17.1 Å². The number of nitro groups is 1. The Morgan fingerprint density at radius 3 is 2.77 bits per heavy atom. The Morgan fingerprint density at radius 2 is 2.07 bits per heavy atom. The summed E-state index contributed by atoms with van der Waals surface area (Å²) in [6.45, 7) is 2.78. The van der Waals surface area contributed by atoms with Gasteiger partial charge in [-0.3, -0.25) is 14.9 Å². The maximum Gasteiger partial charge on any atom is 0.293 e. The van der Waals surface area contributed by atoms with Crippen molar-refractivity contribution in [1.82, 2.24) is 15.0 Å². The van der Waals surface area contributed by atoms with E-state index in [1.165, 1.54) is 6.07 Å². The molecule has 1 saturated heterocycles. The molecule has 4 rings (SSSR count). The zero-order chi connectivity index (χ0) is 21.1. The van der Waals surface area contributed by atoms with Crippen LogP contribution >= 0.6 is 0 Å².